The van der Waals surface area contributed by atoms with Crippen LogP contribution in [0, 0.1) is 23.7 Å². The Labute approximate surface area is 118 Å². The van der Waals surface area contributed by atoms with Crippen molar-refractivity contribution in [2.75, 3.05) is 0 Å². The van der Waals surface area contributed by atoms with E-state index in [2.05, 4.69) is 10.6 Å². The topological polar surface area (TPSA) is 70.0 Å². The molecule has 6 heteroatoms. The van der Waals surface area contributed by atoms with Crippen LogP contribution in [0.3, 0.4) is 0 Å². The largest absolute Gasteiger partial charge is 0.243 e. The third kappa shape index (κ3) is 3.97. The van der Waals surface area contributed by atoms with Crippen molar-refractivity contribution in [3.8, 4) is 18.4 Å². The smallest absolute Gasteiger partial charge is 0.207 e. The van der Waals surface area contributed by atoms with Crippen LogP contribution in [0.5, 0.6) is 0 Å². The summed E-state index contributed by atoms with van der Waals surface area (Å²) >= 11 is 5.86. The van der Waals surface area contributed by atoms with Gasteiger partial charge in [-0.15, -0.1) is 6.42 Å². The molecule has 0 fully saturated rings. The van der Waals surface area contributed by atoms with Crippen molar-refractivity contribution >= 4 is 21.6 Å². The Morgan fingerprint density at radius 3 is 2.74 bits per heavy atom. The number of benzene rings is 1. The lowest BCUT2D eigenvalue weighted by molar-refractivity contribution is 0.564. The molecule has 0 aliphatic carbocycles. The Bertz CT molecular complexity index is 642. The van der Waals surface area contributed by atoms with Crippen LogP contribution in [-0.4, -0.2) is 14.5 Å². The molecule has 1 N–H and O–H groups in total. The maximum atomic E-state index is 12.2. The molecular weight excluding hydrogens is 284 g/mol. The number of hydrogen-bond acceptors (Lipinski definition) is 3. The standard InChI is InChI=1S/C13H13ClN2O2S/c1-3-5-11(4-2)16-19(17,18)13-8-10(9-15)6-7-12(13)14/h2,6-8,11,16H,3,5H2,1H3. The Balaban J connectivity index is 3.14. The first-order valence-corrected chi connectivity index (χ1v) is 7.48. The average Bonchev–Trinajstić information content (AvgIpc) is 2.38. The summed E-state index contributed by atoms with van der Waals surface area (Å²) in [5.41, 5.74) is 0.220. The van der Waals surface area contributed by atoms with Crippen molar-refractivity contribution in [3.63, 3.8) is 0 Å². The Hall–Kier alpha value is -1.53. The SMILES string of the molecule is C#CC(CCC)NS(=O)(=O)c1cc(C#N)ccc1Cl. The first-order valence-electron chi connectivity index (χ1n) is 5.62. The van der Waals surface area contributed by atoms with E-state index in [0.717, 1.165) is 6.42 Å². The minimum Gasteiger partial charge on any atom is -0.207 e. The van der Waals surface area contributed by atoms with Gasteiger partial charge in [-0.1, -0.05) is 30.9 Å². The number of nitrogens with one attached hydrogen (secondary N) is 1. The van der Waals surface area contributed by atoms with Gasteiger partial charge in [0, 0.05) is 0 Å². The highest BCUT2D eigenvalue weighted by Crippen LogP contribution is 2.22. The van der Waals surface area contributed by atoms with E-state index in [1.807, 2.05) is 13.0 Å². The second-order valence-corrected chi connectivity index (χ2v) is 5.98. The molecule has 1 atom stereocenters. The predicted molar refractivity (Wildman–Crippen MR) is 74.0 cm³/mol. The molecule has 0 heterocycles. The first-order chi connectivity index (χ1) is 8.94. The molecule has 0 aromatic heterocycles. The molecule has 4 nitrogen and oxygen atoms in total. The van der Waals surface area contributed by atoms with Crippen LogP contribution in [0.25, 0.3) is 0 Å². The lowest BCUT2D eigenvalue weighted by Crippen LogP contribution is -2.33. The second-order valence-electron chi connectivity index (χ2n) is 3.89. The Morgan fingerprint density at radius 1 is 1.53 bits per heavy atom. The van der Waals surface area contributed by atoms with E-state index in [0.29, 0.717) is 6.42 Å². The van der Waals surface area contributed by atoms with Crippen LogP contribution in [0.2, 0.25) is 5.02 Å². The van der Waals surface area contributed by atoms with E-state index in [1.165, 1.54) is 18.2 Å². The summed E-state index contributed by atoms with van der Waals surface area (Å²) in [5, 5.41) is 8.84. The van der Waals surface area contributed by atoms with Crippen LogP contribution in [0.1, 0.15) is 25.3 Å². The monoisotopic (exact) mass is 296 g/mol. The fraction of sp³-hybridized carbons (Fsp3) is 0.308. The number of rotatable bonds is 5. The minimum absolute atomic E-state index is 0.0544. The normalized spacial score (nSPS) is 12.4. The maximum Gasteiger partial charge on any atom is 0.243 e. The van der Waals surface area contributed by atoms with Crippen molar-refractivity contribution in [3.05, 3.63) is 28.8 Å². The van der Waals surface area contributed by atoms with E-state index in [4.69, 9.17) is 23.3 Å². The molecule has 0 saturated heterocycles. The zero-order valence-electron chi connectivity index (χ0n) is 10.4. The Kier molecular flexibility index (Phi) is 5.38. The van der Waals surface area contributed by atoms with E-state index in [-0.39, 0.29) is 15.5 Å². The summed E-state index contributed by atoms with van der Waals surface area (Å²) in [6.45, 7) is 1.90. The van der Waals surface area contributed by atoms with Gasteiger partial charge in [0.05, 0.1) is 22.7 Å². The van der Waals surface area contributed by atoms with Gasteiger partial charge in [-0.2, -0.15) is 9.98 Å². The third-order valence-corrected chi connectivity index (χ3v) is 4.38. The van der Waals surface area contributed by atoms with E-state index in [1.54, 1.807) is 0 Å². The summed E-state index contributed by atoms with van der Waals surface area (Å²) in [4.78, 5) is -0.135. The first kappa shape index (κ1) is 15.5. The van der Waals surface area contributed by atoms with Gasteiger partial charge in [-0.05, 0) is 24.6 Å². The van der Waals surface area contributed by atoms with E-state index < -0.39 is 16.1 Å². The minimum atomic E-state index is -3.83. The zero-order chi connectivity index (χ0) is 14.5. The van der Waals surface area contributed by atoms with Gasteiger partial charge in [-0.3, -0.25) is 0 Å². The highest BCUT2D eigenvalue weighted by atomic mass is 35.5. The molecule has 0 amide bonds. The predicted octanol–water partition coefficient (Wildman–Crippen LogP) is 2.29. The van der Waals surface area contributed by atoms with Crippen LogP contribution in [-0.2, 0) is 10.0 Å². The fourth-order valence-corrected chi connectivity index (χ4v) is 3.21. The van der Waals surface area contributed by atoms with Crippen molar-refractivity contribution in [1.82, 2.24) is 4.72 Å². The van der Waals surface area contributed by atoms with Crippen molar-refractivity contribution in [2.24, 2.45) is 0 Å². The number of nitrogens with zero attached hydrogens (tertiary/aromatic N) is 1. The van der Waals surface area contributed by atoms with Gasteiger partial charge in [0.15, 0.2) is 0 Å². The van der Waals surface area contributed by atoms with Crippen molar-refractivity contribution in [2.45, 2.75) is 30.7 Å². The number of nitriles is 1. The van der Waals surface area contributed by atoms with Gasteiger partial charge in [0.2, 0.25) is 10.0 Å². The lowest BCUT2D eigenvalue weighted by atomic mass is 10.2. The zero-order valence-corrected chi connectivity index (χ0v) is 11.9. The average molecular weight is 297 g/mol. The van der Waals surface area contributed by atoms with E-state index >= 15 is 0 Å². The summed E-state index contributed by atoms with van der Waals surface area (Å²) in [6.07, 6.45) is 6.56. The molecule has 0 bridgehead atoms. The van der Waals surface area contributed by atoms with Gasteiger partial charge < -0.3 is 0 Å². The van der Waals surface area contributed by atoms with Crippen molar-refractivity contribution < 1.29 is 8.42 Å². The molecule has 0 aliphatic rings. The number of terminal acetylenes is 1. The maximum absolute atomic E-state index is 12.2. The molecule has 100 valence electrons. The highest BCUT2D eigenvalue weighted by Gasteiger charge is 2.21. The van der Waals surface area contributed by atoms with Crippen molar-refractivity contribution in [1.29, 1.82) is 5.26 Å². The van der Waals surface area contributed by atoms with Crippen LogP contribution in [0.4, 0.5) is 0 Å². The summed E-state index contributed by atoms with van der Waals surface area (Å²) < 4.78 is 26.7. The number of sulfonamides is 1. The van der Waals surface area contributed by atoms with Gasteiger partial charge in [0.1, 0.15) is 4.90 Å². The molecular formula is C13H13ClN2O2S. The Morgan fingerprint density at radius 2 is 2.21 bits per heavy atom. The van der Waals surface area contributed by atoms with Gasteiger partial charge >= 0.3 is 0 Å². The highest BCUT2D eigenvalue weighted by molar-refractivity contribution is 7.89. The molecule has 1 rings (SSSR count). The molecule has 0 spiro atoms. The second kappa shape index (κ2) is 6.58. The quantitative estimate of drug-likeness (QED) is 0.848. The molecule has 0 radical (unpaired) electrons. The molecule has 1 aromatic rings. The summed E-state index contributed by atoms with van der Waals surface area (Å²) in [7, 11) is -3.83. The van der Waals surface area contributed by atoms with Crippen LogP contribution < -0.4 is 4.72 Å². The molecule has 0 saturated carbocycles. The van der Waals surface area contributed by atoms with Crippen LogP contribution in [0.15, 0.2) is 23.1 Å². The molecule has 19 heavy (non-hydrogen) atoms. The van der Waals surface area contributed by atoms with Gasteiger partial charge in [-0.25, -0.2) is 8.42 Å². The van der Waals surface area contributed by atoms with E-state index in [9.17, 15) is 8.42 Å². The molecule has 1 unspecified atom stereocenters. The number of hydrogen-bond donors (Lipinski definition) is 1. The number of halogens is 1. The summed E-state index contributed by atoms with van der Waals surface area (Å²) in [6, 6.07) is 5.33. The molecule has 0 aliphatic heterocycles. The van der Waals surface area contributed by atoms with Crippen LogP contribution >= 0.6 is 11.6 Å². The lowest BCUT2D eigenvalue weighted by Gasteiger charge is -2.13. The fourth-order valence-electron chi connectivity index (χ4n) is 1.49. The summed E-state index contributed by atoms with van der Waals surface area (Å²) in [5.74, 6) is 2.38. The third-order valence-electron chi connectivity index (χ3n) is 2.43. The molecule has 1 aromatic carbocycles. The van der Waals surface area contributed by atoms with Gasteiger partial charge in [0.25, 0.3) is 0 Å².